The van der Waals surface area contributed by atoms with Crippen molar-refractivity contribution in [3.63, 3.8) is 0 Å². The van der Waals surface area contributed by atoms with Crippen LogP contribution in [0.25, 0.3) is 5.57 Å². The van der Waals surface area contributed by atoms with E-state index in [2.05, 4.69) is 6.58 Å². The first-order valence-electron chi connectivity index (χ1n) is 4.41. The van der Waals surface area contributed by atoms with Crippen LogP contribution in [0.15, 0.2) is 24.8 Å². The van der Waals surface area contributed by atoms with Gasteiger partial charge in [0.1, 0.15) is 0 Å². The third-order valence-electron chi connectivity index (χ3n) is 2.05. The molecule has 0 bridgehead atoms. The second-order valence-corrected chi connectivity index (χ2v) is 3.40. The Hall–Kier alpha value is -1.29. The molecule has 0 radical (unpaired) electrons. The molecule has 0 saturated heterocycles. The number of alkyl halides is 3. The maximum Gasteiger partial charge on any atom is 0.416 e. The smallest absolute Gasteiger partial charge is 0.326 e. The van der Waals surface area contributed by atoms with Crippen molar-refractivity contribution in [3.8, 4) is 0 Å². The Labute approximate surface area is 86.4 Å². The van der Waals surface area contributed by atoms with Crippen LogP contribution in [0.1, 0.15) is 23.6 Å². The lowest BCUT2D eigenvalue weighted by atomic mass is 10.0. The summed E-state index contributed by atoms with van der Waals surface area (Å²) in [5.41, 5.74) is 6.19. The van der Waals surface area contributed by atoms with E-state index in [1.54, 1.807) is 13.0 Å². The number of benzene rings is 1. The van der Waals surface area contributed by atoms with Gasteiger partial charge >= 0.3 is 6.18 Å². The molecule has 0 aliphatic rings. The highest BCUT2D eigenvalue weighted by molar-refractivity contribution is 5.63. The average molecular weight is 215 g/mol. The van der Waals surface area contributed by atoms with Gasteiger partial charge in [0.15, 0.2) is 0 Å². The van der Waals surface area contributed by atoms with Gasteiger partial charge in [-0.15, -0.1) is 0 Å². The lowest BCUT2D eigenvalue weighted by Gasteiger charge is -2.11. The molecule has 1 aromatic rings. The Kier molecular flexibility index (Phi) is 3.19. The highest BCUT2D eigenvalue weighted by Gasteiger charge is 2.31. The fourth-order valence-electron chi connectivity index (χ4n) is 1.22. The number of hydrogen-bond acceptors (Lipinski definition) is 1. The van der Waals surface area contributed by atoms with Crippen molar-refractivity contribution < 1.29 is 13.2 Å². The quantitative estimate of drug-likeness (QED) is 0.805. The highest BCUT2D eigenvalue weighted by Crippen LogP contribution is 2.31. The van der Waals surface area contributed by atoms with Crippen LogP contribution in [0, 0.1) is 0 Å². The maximum absolute atomic E-state index is 12.5. The van der Waals surface area contributed by atoms with Crippen LogP contribution < -0.4 is 5.73 Å². The van der Waals surface area contributed by atoms with Gasteiger partial charge in [-0.2, -0.15) is 13.2 Å². The van der Waals surface area contributed by atoms with Crippen LogP contribution in [-0.2, 0) is 12.7 Å². The van der Waals surface area contributed by atoms with Crippen molar-refractivity contribution >= 4 is 5.57 Å². The molecule has 1 aromatic carbocycles. The molecule has 0 spiro atoms. The van der Waals surface area contributed by atoms with Crippen LogP contribution >= 0.6 is 0 Å². The summed E-state index contributed by atoms with van der Waals surface area (Å²) in [6.45, 7) is 5.37. The molecule has 1 rings (SSSR count). The first-order valence-corrected chi connectivity index (χ1v) is 4.41. The van der Waals surface area contributed by atoms with Crippen LogP contribution in [0.2, 0.25) is 0 Å². The maximum atomic E-state index is 12.5. The molecule has 0 unspecified atom stereocenters. The molecule has 0 aliphatic carbocycles. The second kappa shape index (κ2) is 4.06. The number of nitrogens with two attached hydrogens (primary N) is 1. The Balaban J connectivity index is 3.30. The normalized spacial score (nSPS) is 11.5. The third kappa shape index (κ3) is 2.83. The summed E-state index contributed by atoms with van der Waals surface area (Å²) in [4.78, 5) is 0. The van der Waals surface area contributed by atoms with E-state index in [1.165, 1.54) is 0 Å². The average Bonchev–Trinajstić information content (AvgIpc) is 2.15. The van der Waals surface area contributed by atoms with Crippen molar-refractivity contribution in [1.82, 2.24) is 0 Å². The molecular formula is C11H12F3N. The first-order chi connectivity index (χ1) is 6.84. The van der Waals surface area contributed by atoms with E-state index < -0.39 is 11.7 Å². The Morgan fingerprint density at radius 1 is 1.33 bits per heavy atom. The molecule has 2 N–H and O–H groups in total. The van der Waals surface area contributed by atoms with Crippen LogP contribution in [0.5, 0.6) is 0 Å². The zero-order chi connectivity index (χ0) is 11.6. The lowest BCUT2D eigenvalue weighted by Crippen LogP contribution is -2.08. The Morgan fingerprint density at radius 3 is 2.33 bits per heavy atom. The van der Waals surface area contributed by atoms with E-state index in [1.807, 2.05) is 0 Å². The minimum absolute atomic E-state index is 0.0875. The second-order valence-electron chi connectivity index (χ2n) is 3.40. The zero-order valence-corrected chi connectivity index (χ0v) is 8.36. The van der Waals surface area contributed by atoms with Gasteiger partial charge in [0, 0.05) is 6.54 Å². The van der Waals surface area contributed by atoms with Crippen molar-refractivity contribution in [2.45, 2.75) is 19.6 Å². The van der Waals surface area contributed by atoms with Crippen LogP contribution in [-0.4, -0.2) is 0 Å². The Morgan fingerprint density at radius 2 is 1.93 bits per heavy atom. The Bertz CT molecular complexity index is 380. The van der Waals surface area contributed by atoms with Gasteiger partial charge < -0.3 is 5.73 Å². The predicted octanol–water partition coefficient (Wildman–Crippen LogP) is 3.20. The number of hydrogen-bond donors (Lipinski definition) is 1. The van der Waals surface area contributed by atoms with Crippen LogP contribution in [0.3, 0.4) is 0 Å². The largest absolute Gasteiger partial charge is 0.416 e. The monoisotopic (exact) mass is 215 g/mol. The fourth-order valence-corrected chi connectivity index (χ4v) is 1.22. The molecule has 82 valence electrons. The molecule has 0 atom stereocenters. The van der Waals surface area contributed by atoms with Gasteiger partial charge in [0.2, 0.25) is 0 Å². The van der Waals surface area contributed by atoms with E-state index in [9.17, 15) is 13.2 Å². The van der Waals surface area contributed by atoms with Gasteiger partial charge in [-0.1, -0.05) is 18.2 Å². The summed E-state index contributed by atoms with van der Waals surface area (Å²) in [6, 6.07) is 3.77. The molecule has 0 saturated carbocycles. The fraction of sp³-hybridized carbons (Fsp3) is 0.273. The molecule has 0 amide bonds. The van der Waals surface area contributed by atoms with E-state index in [0.29, 0.717) is 16.7 Å². The third-order valence-corrected chi connectivity index (χ3v) is 2.05. The standard InChI is InChI=1S/C11H12F3N/c1-7(2)9-3-8(6-15)4-10(5-9)11(12,13)14/h3-5H,1,6,15H2,2H3. The van der Waals surface area contributed by atoms with Crippen molar-refractivity contribution in [1.29, 1.82) is 0 Å². The summed E-state index contributed by atoms with van der Waals surface area (Å²) >= 11 is 0. The van der Waals surface area contributed by atoms with Crippen LogP contribution in [0.4, 0.5) is 13.2 Å². The van der Waals surface area contributed by atoms with Crippen molar-refractivity contribution in [3.05, 3.63) is 41.5 Å². The molecule has 4 heteroatoms. The molecule has 0 heterocycles. The minimum atomic E-state index is -4.34. The van der Waals surface area contributed by atoms with Gasteiger partial charge in [-0.25, -0.2) is 0 Å². The zero-order valence-electron chi connectivity index (χ0n) is 8.36. The number of allylic oxidation sites excluding steroid dienone is 1. The topological polar surface area (TPSA) is 26.0 Å². The minimum Gasteiger partial charge on any atom is -0.326 e. The lowest BCUT2D eigenvalue weighted by molar-refractivity contribution is -0.137. The van der Waals surface area contributed by atoms with Crippen molar-refractivity contribution in [2.75, 3.05) is 0 Å². The molecule has 15 heavy (non-hydrogen) atoms. The predicted molar refractivity (Wildman–Crippen MR) is 54.0 cm³/mol. The van der Waals surface area contributed by atoms with Gasteiger partial charge in [0.25, 0.3) is 0 Å². The van der Waals surface area contributed by atoms with Gasteiger partial charge in [0.05, 0.1) is 5.56 Å². The van der Waals surface area contributed by atoms with Crippen molar-refractivity contribution in [2.24, 2.45) is 5.73 Å². The van der Waals surface area contributed by atoms with E-state index in [4.69, 9.17) is 5.73 Å². The van der Waals surface area contributed by atoms with E-state index in [0.717, 1.165) is 12.1 Å². The molecule has 0 aromatic heterocycles. The first kappa shape index (κ1) is 11.8. The highest BCUT2D eigenvalue weighted by atomic mass is 19.4. The van der Waals surface area contributed by atoms with E-state index in [-0.39, 0.29) is 6.54 Å². The van der Waals surface area contributed by atoms with E-state index >= 15 is 0 Å². The molecule has 0 fully saturated rings. The summed E-state index contributed by atoms with van der Waals surface area (Å²) in [5, 5.41) is 0. The molecule has 1 nitrogen and oxygen atoms in total. The van der Waals surface area contributed by atoms with Gasteiger partial charge in [-0.05, 0) is 30.2 Å². The summed E-state index contributed by atoms with van der Waals surface area (Å²) < 4.78 is 37.4. The SMILES string of the molecule is C=C(C)c1cc(CN)cc(C(F)(F)F)c1. The summed E-state index contributed by atoms with van der Waals surface area (Å²) in [7, 11) is 0. The summed E-state index contributed by atoms with van der Waals surface area (Å²) in [6.07, 6.45) is -4.34. The number of rotatable bonds is 2. The van der Waals surface area contributed by atoms with Gasteiger partial charge in [-0.3, -0.25) is 0 Å². The molecular weight excluding hydrogens is 203 g/mol. The molecule has 0 aliphatic heterocycles. The summed E-state index contributed by atoms with van der Waals surface area (Å²) in [5.74, 6) is 0. The number of halogens is 3.